The fourth-order valence-electron chi connectivity index (χ4n) is 3.92. The van der Waals surface area contributed by atoms with Crippen molar-refractivity contribution in [3.63, 3.8) is 0 Å². The summed E-state index contributed by atoms with van der Waals surface area (Å²) in [5, 5.41) is 9.50. The number of piperazine rings is 1. The average Bonchev–Trinajstić information content (AvgIpc) is 3.21. The van der Waals surface area contributed by atoms with Crippen molar-refractivity contribution in [2.24, 2.45) is 0 Å². The van der Waals surface area contributed by atoms with Crippen molar-refractivity contribution >= 4 is 17.3 Å². The third-order valence-electron chi connectivity index (χ3n) is 5.64. The molecule has 0 amide bonds. The number of hydrogen-bond donors (Lipinski definition) is 0. The number of para-hydroxylation sites is 1. The number of nitrogens with zero attached hydrogens (tertiary/aromatic N) is 5. The number of halogens is 1. The van der Waals surface area contributed by atoms with Crippen LogP contribution in [0.2, 0.25) is 5.02 Å². The molecule has 0 unspecified atom stereocenters. The van der Waals surface area contributed by atoms with Crippen LogP contribution in [0.15, 0.2) is 54.7 Å². The van der Waals surface area contributed by atoms with Crippen molar-refractivity contribution < 1.29 is 0 Å². The van der Waals surface area contributed by atoms with Gasteiger partial charge in [-0.25, -0.2) is 0 Å². The van der Waals surface area contributed by atoms with Gasteiger partial charge >= 0.3 is 0 Å². The molecule has 1 saturated heterocycles. The quantitative estimate of drug-likeness (QED) is 0.538. The van der Waals surface area contributed by atoms with Gasteiger partial charge in [-0.1, -0.05) is 53.2 Å². The second kappa shape index (κ2) is 9.42. The highest BCUT2D eigenvalue weighted by Gasteiger charge is 2.18. The summed E-state index contributed by atoms with van der Waals surface area (Å²) in [6, 6.07) is 16.4. The van der Waals surface area contributed by atoms with E-state index < -0.39 is 0 Å². The summed E-state index contributed by atoms with van der Waals surface area (Å²) in [6.07, 6.45) is 4.34. The van der Waals surface area contributed by atoms with Gasteiger partial charge in [-0.15, -0.1) is 5.10 Å². The van der Waals surface area contributed by atoms with Crippen LogP contribution >= 0.6 is 11.6 Å². The predicted octanol–water partition coefficient (Wildman–Crippen LogP) is 4.51. The Morgan fingerprint density at radius 3 is 2.41 bits per heavy atom. The number of aromatic nitrogens is 3. The van der Waals surface area contributed by atoms with E-state index in [9.17, 15) is 0 Å². The monoisotopic (exact) mass is 409 g/mol. The first-order valence-electron chi connectivity index (χ1n) is 10.4. The highest BCUT2D eigenvalue weighted by atomic mass is 35.5. The van der Waals surface area contributed by atoms with E-state index >= 15 is 0 Å². The van der Waals surface area contributed by atoms with Crippen molar-refractivity contribution in [2.75, 3.05) is 37.6 Å². The molecule has 0 spiro atoms. The van der Waals surface area contributed by atoms with Crippen LogP contribution in [0.5, 0.6) is 0 Å². The highest BCUT2D eigenvalue weighted by molar-refractivity contribution is 6.33. The molecule has 0 saturated carbocycles. The molecule has 1 aromatic heterocycles. The molecule has 2 heterocycles. The molecule has 5 nitrogen and oxygen atoms in total. The Hall–Kier alpha value is -2.37. The molecule has 152 valence electrons. The molecule has 2 aromatic carbocycles. The molecule has 6 heteroatoms. The molecule has 4 rings (SSSR count). The second-order valence-corrected chi connectivity index (χ2v) is 8.08. The third-order valence-corrected chi connectivity index (χ3v) is 5.96. The summed E-state index contributed by atoms with van der Waals surface area (Å²) in [5.41, 5.74) is 4.51. The van der Waals surface area contributed by atoms with Gasteiger partial charge in [0.25, 0.3) is 0 Å². The molecule has 3 aromatic rings. The fraction of sp³-hybridized carbons (Fsp3) is 0.391. The summed E-state index contributed by atoms with van der Waals surface area (Å²) in [6.45, 7) is 8.41. The molecule has 0 radical (unpaired) electrons. The average molecular weight is 410 g/mol. The van der Waals surface area contributed by atoms with E-state index in [1.165, 1.54) is 12.0 Å². The van der Waals surface area contributed by atoms with Crippen molar-refractivity contribution in [1.82, 2.24) is 19.9 Å². The lowest BCUT2D eigenvalue weighted by Crippen LogP contribution is -2.46. The molecule has 0 atom stereocenters. The van der Waals surface area contributed by atoms with Gasteiger partial charge in [0.05, 0.1) is 16.9 Å². The highest BCUT2D eigenvalue weighted by Crippen LogP contribution is 2.26. The van der Waals surface area contributed by atoms with Crippen LogP contribution in [0.25, 0.3) is 11.3 Å². The number of benzene rings is 2. The lowest BCUT2D eigenvalue weighted by atomic mass is 10.1. The number of unbranched alkanes of at least 4 members (excludes halogenated alkanes) is 1. The van der Waals surface area contributed by atoms with Gasteiger partial charge < -0.3 is 4.90 Å². The van der Waals surface area contributed by atoms with Gasteiger partial charge in [-0.2, -0.15) is 0 Å². The van der Waals surface area contributed by atoms with Crippen molar-refractivity contribution in [2.45, 2.75) is 26.3 Å². The lowest BCUT2D eigenvalue weighted by molar-refractivity contribution is 0.250. The Kier molecular flexibility index (Phi) is 6.47. The number of hydrogen-bond acceptors (Lipinski definition) is 4. The fourth-order valence-corrected chi connectivity index (χ4v) is 4.18. The van der Waals surface area contributed by atoms with Crippen molar-refractivity contribution in [1.29, 1.82) is 0 Å². The van der Waals surface area contributed by atoms with Gasteiger partial charge in [0.1, 0.15) is 5.69 Å². The van der Waals surface area contributed by atoms with E-state index in [2.05, 4.69) is 63.6 Å². The Bertz CT molecular complexity index is 930. The minimum Gasteiger partial charge on any atom is -0.368 e. The van der Waals surface area contributed by atoms with E-state index in [1.54, 1.807) is 0 Å². The molecule has 29 heavy (non-hydrogen) atoms. The maximum Gasteiger partial charge on any atom is 0.113 e. The summed E-state index contributed by atoms with van der Waals surface area (Å²) < 4.78 is 1.97. The van der Waals surface area contributed by atoms with Crippen LogP contribution < -0.4 is 4.90 Å². The van der Waals surface area contributed by atoms with Gasteiger partial charge in [0.15, 0.2) is 0 Å². The first kappa shape index (κ1) is 19.9. The van der Waals surface area contributed by atoms with E-state index in [-0.39, 0.29) is 0 Å². The van der Waals surface area contributed by atoms with Gasteiger partial charge in [0, 0.05) is 38.3 Å². The zero-order valence-corrected chi connectivity index (χ0v) is 17.7. The Morgan fingerprint density at radius 1 is 0.897 bits per heavy atom. The molecule has 1 aliphatic heterocycles. The van der Waals surface area contributed by atoms with Crippen LogP contribution in [-0.2, 0) is 6.54 Å². The van der Waals surface area contributed by atoms with Crippen LogP contribution in [0, 0.1) is 6.92 Å². The van der Waals surface area contributed by atoms with Crippen LogP contribution in [0.3, 0.4) is 0 Å². The maximum atomic E-state index is 6.34. The Labute approximate surface area is 177 Å². The predicted molar refractivity (Wildman–Crippen MR) is 120 cm³/mol. The molecule has 0 bridgehead atoms. The van der Waals surface area contributed by atoms with Crippen molar-refractivity contribution in [3.05, 3.63) is 65.3 Å². The smallest absolute Gasteiger partial charge is 0.113 e. The number of anilines is 1. The van der Waals surface area contributed by atoms with E-state index in [0.29, 0.717) is 0 Å². The zero-order chi connectivity index (χ0) is 20.1. The summed E-state index contributed by atoms with van der Waals surface area (Å²) >= 11 is 6.34. The SMILES string of the molecule is Cc1ccccc1-c1cn(CCCCN2CCN(c3ccccc3Cl)CC2)nn1. The first-order valence-corrected chi connectivity index (χ1v) is 10.8. The topological polar surface area (TPSA) is 37.2 Å². The molecular formula is C23H28ClN5. The van der Waals surface area contributed by atoms with E-state index in [0.717, 1.165) is 67.7 Å². The minimum absolute atomic E-state index is 0.846. The summed E-state index contributed by atoms with van der Waals surface area (Å²) in [4.78, 5) is 4.94. The maximum absolute atomic E-state index is 6.34. The van der Waals surface area contributed by atoms with Crippen LogP contribution in [0.1, 0.15) is 18.4 Å². The Balaban J connectivity index is 1.19. The standard InChI is InChI=1S/C23H28ClN5/c1-19-8-2-3-9-20(19)22-18-29(26-25-22)13-7-6-12-27-14-16-28(17-15-27)23-11-5-4-10-21(23)24/h2-5,8-11,18H,6-7,12-17H2,1H3. The van der Waals surface area contributed by atoms with Gasteiger partial charge in [-0.3, -0.25) is 9.58 Å². The largest absolute Gasteiger partial charge is 0.368 e. The first-order chi connectivity index (χ1) is 14.2. The molecule has 1 aliphatic rings. The van der Waals surface area contributed by atoms with Crippen molar-refractivity contribution in [3.8, 4) is 11.3 Å². The van der Waals surface area contributed by atoms with E-state index in [1.807, 2.05) is 22.9 Å². The van der Waals surface area contributed by atoms with Crippen LogP contribution in [0.4, 0.5) is 5.69 Å². The number of rotatable bonds is 7. The Morgan fingerprint density at radius 2 is 1.62 bits per heavy atom. The summed E-state index contributed by atoms with van der Waals surface area (Å²) in [7, 11) is 0. The van der Waals surface area contributed by atoms with Crippen LogP contribution in [-0.4, -0.2) is 52.6 Å². The van der Waals surface area contributed by atoms with E-state index in [4.69, 9.17) is 11.6 Å². The number of aryl methyl sites for hydroxylation is 2. The molecule has 0 N–H and O–H groups in total. The lowest BCUT2D eigenvalue weighted by Gasteiger charge is -2.36. The van der Waals surface area contributed by atoms with Gasteiger partial charge in [0.2, 0.25) is 0 Å². The molecule has 0 aliphatic carbocycles. The van der Waals surface area contributed by atoms with Gasteiger partial charge in [-0.05, 0) is 44.0 Å². The minimum atomic E-state index is 0.846. The third kappa shape index (κ3) is 4.98. The molecule has 1 fully saturated rings. The second-order valence-electron chi connectivity index (χ2n) is 7.67. The summed E-state index contributed by atoms with van der Waals surface area (Å²) in [5.74, 6) is 0. The molecular weight excluding hydrogens is 382 g/mol. The normalized spacial score (nSPS) is 15.0. The zero-order valence-electron chi connectivity index (χ0n) is 17.0.